The minimum atomic E-state index is -0.0951. The molecule has 4 heteroatoms. The molecule has 1 atom stereocenters. The van der Waals surface area contributed by atoms with Gasteiger partial charge in [0.1, 0.15) is 5.75 Å². The van der Waals surface area contributed by atoms with Gasteiger partial charge in [-0.1, -0.05) is 19.4 Å². The van der Waals surface area contributed by atoms with Crippen molar-refractivity contribution in [1.29, 1.82) is 0 Å². The van der Waals surface area contributed by atoms with Gasteiger partial charge in [0.15, 0.2) is 0 Å². The zero-order chi connectivity index (χ0) is 15.0. The van der Waals surface area contributed by atoms with Gasteiger partial charge in [0.25, 0.3) is 5.91 Å². The molecule has 1 amide bonds. The Hall–Kier alpha value is -1.55. The summed E-state index contributed by atoms with van der Waals surface area (Å²) in [4.78, 5) is 12.1. The SMILES string of the molecule is CCCC(CCO)CNC(=O)c1ccc(C)c(OC)c1. The molecule has 20 heavy (non-hydrogen) atoms. The maximum Gasteiger partial charge on any atom is 0.251 e. The normalized spacial score (nSPS) is 12.0. The van der Waals surface area contributed by atoms with E-state index < -0.39 is 0 Å². The Morgan fingerprint density at radius 1 is 1.40 bits per heavy atom. The number of amides is 1. The van der Waals surface area contributed by atoms with Crippen molar-refractivity contribution in [1.82, 2.24) is 5.32 Å². The first-order chi connectivity index (χ1) is 9.62. The monoisotopic (exact) mass is 279 g/mol. The van der Waals surface area contributed by atoms with Gasteiger partial charge in [-0.25, -0.2) is 0 Å². The second-order valence-electron chi connectivity index (χ2n) is 5.06. The van der Waals surface area contributed by atoms with Gasteiger partial charge >= 0.3 is 0 Å². The summed E-state index contributed by atoms with van der Waals surface area (Å²) >= 11 is 0. The third-order valence-corrected chi connectivity index (χ3v) is 3.46. The van der Waals surface area contributed by atoms with Crippen molar-refractivity contribution < 1.29 is 14.6 Å². The molecule has 0 aliphatic heterocycles. The number of aryl methyl sites for hydroxylation is 1. The second-order valence-corrected chi connectivity index (χ2v) is 5.06. The number of methoxy groups -OCH3 is 1. The summed E-state index contributed by atoms with van der Waals surface area (Å²) in [6, 6.07) is 5.44. The molecule has 0 aliphatic carbocycles. The highest BCUT2D eigenvalue weighted by molar-refractivity contribution is 5.94. The van der Waals surface area contributed by atoms with Gasteiger partial charge in [0, 0.05) is 18.7 Å². The highest BCUT2D eigenvalue weighted by Crippen LogP contribution is 2.19. The number of hydrogen-bond acceptors (Lipinski definition) is 3. The first-order valence-corrected chi connectivity index (χ1v) is 7.16. The van der Waals surface area contributed by atoms with Crippen molar-refractivity contribution in [2.75, 3.05) is 20.3 Å². The highest BCUT2D eigenvalue weighted by Gasteiger charge is 2.12. The molecule has 0 fully saturated rings. The van der Waals surface area contributed by atoms with Gasteiger partial charge in [0.05, 0.1) is 7.11 Å². The molecular weight excluding hydrogens is 254 g/mol. The molecule has 1 aromatic carbocycles. The Labute approximate surface area is 121 Å². The van der Waals surface area contributed by atoms with Crippen LogP contribution < -0.4 is 10.1 Å². The minimum absolute atomic E-state index is 0.0951. The van der Waals surface area contributed by atoms with Crippen molar-refractivity contribution in [2.24, 2.45) is 5.92 Å². The van der Waals surface area contributed by atoms with Crippen LogP contribution in [0.25, 0.3) is 0 Å². The molecule has 0 spiro atoms. The number of hydrogen-bond donors (Lipinski definition) is 2. The van der Waals surface area contributed by atoms with Crippen molar-refractivity contribution >= 4 is 5.91 Å². The molecule has 1 unspecified atom stereocenters. The molecule has 112 valence electrons. The van der Waals surface area contributed by atoms with Gasteiger partial charge in [0.2, 0.25) is 0 Å². The fourth-order valence-electron chi connectivity index (χ4n) is 2.24. The predicted molar refractivity (Wildman–Crippen MR) is 80.2 cm³/mol. The summed E-state index contributed by atoms with van der Waals surface area (Å²) < 4.78 is 5.23. The zero-order valence-electron chi connectivity index (χ0n) is 12.6. The maximum absolute atomic E-state index is 12.1. The summed E-state index contributed by atoms with van der Waals surface area (Å²) in [6.07, 6.45) is 2.79. The van der Waals surface area contributed by atoms with Gasteiger partial charge in [-0.3, -0.25) is 4.79 Å². The third kappa shape index (κ3) is 4.85. The molecule has 0 radical (unpaired) electrons. The lowest BCUT2D eigenvalue weighted by Gasteiger charge is -2.16. The molecule has 4 nitrogen and oxygen atoms in total. The lowest BCUT2D eigenvalue weighted by atomic mass is 10.00. The Morgan fingerprint density at radius 2 is 2.15 bits per heavy atom. The Kier molecular flexibility index (Phi) is 7.09. The van der Waals surface area contributed by atoms with E-state index in [-0.39, 0.29) is 12.5 Å². The molecule has 1 aromatic rings. The average Bonchev–Trinajstić information content (AvgIpc) is 2.45. The lowest BCUT2D eigenvalue weighted by Crippen LogP contribution is -2.29. The summed E-state index contributed by atoms with van der Waals surface area (Å²) in [6.45, 7) is 4.82. The van der Waals surface area contributed by atoms with E-state index in [2.05, 4.69) is 12.2 Å². The average molecular weight is 279 g/mol. The number of aliphatic hydroxyl groups is 1. The van der Waals surface area contributed by atoms with Crippen LogP contribution in [0.2, 0.25) is 0 Å². The molecule has 0 aliphatic rings. The quantitative estimate of drug-likeness (QED) is 0.769. The van der Waals surface area contributed by atoms with E-state index in [4.69, 9.17) is 9.84 Å². The molecular formula is C16H25NO3. The van der Waals surface area contributed by atoms with Crippen LogP contribution in [0.5, 0.6) is 5.75 Å². The Balaban J connectivity index is 2.61. The second kappa shape index (κ2) is 8.59. The maximum atomic E-state index is 12.1. The first-order valence-electron chi connectivity index (χ1n) is 7.16. The summed E-state index contributed by atoms with van der Waals surface area (Å²) in [7, 11) is 1.60. The lowest BCUT2D eigenvalue weighted by molar-refractivity contribution is 0.0942. The van der Waals surface area contributed by atoms with Crippen LogP contribution in [-0.2, 0) is 0 Å². The van der Waals surface area contributed by atoms with Crippen LogP contribution in [0.15, 0.2) is 18.2 Å². The highest BCUT2D eigenvalue weighted by atomic mass is 16.5. The topological polar surface area (TPSA) is 58.6 Å². The van der Waals surface area contributed by atoms with Crippen molar-refractivity contribution in [3.05, 3.63) is 29.3 Å². The van der Waals surface area contributed by atoms with Crippen LogP contribution in [-0.4, -0.2) is 31.3 Å². The van der Waals surface area contributed by atoms with Gasteiger partial charge in [-0.05, 0) is 43.4 Å². The van der Waals surface area contributed by atoms with Crippen molar-refractivity contribution in [2.45, 2.75) is 33.1 Å². The third-order valence-electron chi connectivity index (χ3n) is 3.46. The Bertz CT molecular complexity index is 426. The van der Waals surface area contributed by atoms with E-state index in [1.807, 2.05) is 13.0 Å². The fourth-order valence-corrected chi connectivity index (χ4v) is 2.24. The molecule has 0 heterocycles. The molecule has 0 bridgehead atoms. The van der Waals surface area contributed by atoms with Gasteiger partial charge in [-0.2, -0.15) is 0 Å². The number of benzene rings is 1. The molecule has 0 saturated heterocycles. The smallest absolute Gasteiger partial charge is 0.251 e. The standard InChI is InChI=1S/C16H25NO3/c1-4-5-13(8-9-18)11-17-16(19)14-7-6-12(2)15(10-14)20-3/h6-7,10,13,18H,4-5,8-9,11H2,1-3H3,(H,17,19). The van der Waals surface area contributed by atoms with E-state index in [1.165, 1.54) is 0 Å². The number of aliphatic hydroxyl groups excluding tert-OH is 1. The van der Waals surface area contributed by atoms with Crippen LogP contribution >= 0.6 is 0 Å². The number of carbonyl (C=O) groups is 1. The molecule has 1 rings (SSSR count). The summed E-state index contributed by atoms with van der Waals surface area (Å²) in [5.41, 5.74) is 1.61. The molecule has 2 N–H and O–H groups in total. The van der Waals surface area contributed by atoms with Crippen molar-refractivity contribution in [3.8, 4) is 5.75 Å². The molecule has 0 saturated carbocycles. The Morgan fingerprint density at radius 3 is 2.75 bits per heavy atom. The fraction of sp³-hybridized carbons (Fsp3) is 0.562. The number of ether oxygens (including phenoxy) is 1. The van der Waals surface area contributed by atoms with Gasteiger partial charge in [-0.15, -0.1) is 0 Å². The largest absolute Gasteiger partial charge is 0.496 e. The first kappa shape index (κ1) is 16.5. The number of nitrogens with one attached hydrogen (secondary N) is 1. The van der Waals surface area contributed by atoms with Crippen LogP contribution in [0.1, 0.15) is 42.1 Å². The molecule has 0 aromatic heterocycles. The van der Waals surface area contributed by atoms with Crippen LogP contribution in [0.4, 0.5) is 0 Å². The zero-order valence-corrected chi connectivity index (χ0v) is 12.6. The van der Waals surface area contributed by atoms with Crippen molar-refractivity contribution in [3.63, 3.8) is 0 Å². The van der Waals surface area contributed by atoms with E-state index in [0.29, 0.717) is 18.0 Å². The van der Waals surface area contributed by atoms with E-state index in [0.717, 1.165) is 30.6 Å². The van der Waals surface area contributed by atoms with Gasteiger partial charge < -0.3 is 15.2 Å². The number of rotatable bonds is 8. The minimum Gasteiger partial charge on any atom is -0.496 e. The van der Waals surface area contributed by atoms with E-state index >= 15 is 0 Å². The van der Waals surface area contributed by atoms with E-state index in [9.17, 15) is 4.79 Å². The summed E-state index contributed by atoms with van der Waals surface area (Å²) in [5, 5.41) is 11.9. The van der Waals surface area contributed by atoms with Crippen LogP contribution in [0, 0.1) is 12.8 Å². The van der Waals surface area contributed by atoms with E-state index in [1.54, 1.807) is 19.2 Å². The van der Waals surface area contributed by atoms with Crippen LogP contribution in [0.3, 0.4) is 0 Å². The number of carbonyl (C=O) groups excluding carboxylic acids is 1. The summed E-state index contributed by atoms with van der Waals surface area (Å²) in [5.74, 6) is 0.960. The predicted octanol–water partition coefficient (Wildman–Crippen LogP) is 2.53.